The van der Waals surface area contributed by atoms with Gasteiger partial charge in [0.2, 0.25) is 0 Å². The number of β-amino-alcohol motifs (C(OH)–C–C–N with tert-alkyl or cyclic N) is 1. The van der Waals surface area contributed by atoms with Crippen molar-refractivity contribution in [3.05, 3.63) is 34.6 Å². The van der Waals surface area contributed by atoms with E-state index in [0.29, 0.717) is 25.9 Å². The van der Waals surface area contributed by atoms with Crippen LogP contribution in [0.3, 0.4) is 0 Å². The largest absolute Gasteiger partial charge is 0.387 e. The first-order chi connectivity index (χ1) is 9.81. The number of carbonyl (C=O) groups excluding carboxylic acids is 1. The van der Waals surface area contributed by atoms with Crippen LogP contribution in [0.1, 0.15) is 23.2 Å². The van der Waals surface area contributed by atoms with Gasteiger partial charge in [0.25, 0.3) is 5.91 Å². The molecule has 0 radical (unpaired) electrons. The van der Waals surface area contributed by atoms with E-state index in [-0.39, 0.29) is 23.0 Å². The molecule has 1 atom stereocenters. The van der Waals surface area contributed by atoms with Crippen LogP contribution in [0.25, 0.3) is 0 Å². The summed E-state index contributed by atoms with van der Waals surface area (Å²) >= 11 is 5.98. The van der Waals surface area contributed by atoms with E-state index < -0.39 is 11.4 Å². The normalized spacial score (nSPS) is 22.7. The molecular weight excluding hydrogens is 295 g/mol. The molecule has 1 aliphatic heterocycles. The Morgan fingerprint density at radius 3 is 2.90 bits per heavy atom. The summed E-state index contributed by atoms with van der Waals surface area (Å²) in [6, 6.07) is 3.74. The van der Waals surface area contributed by atoms with Gasteiger partial charge in [0.1, 0.15) is 5.82 Å². The molecule has 21 heavy (non-hydrogen) atoms. The van der Waals surface area contributed by atoms with Crippen molar-refractivity contribution >= 4 is 17.5 Å². The van der Waals surface area contributed by atoms with Gasteiger partial charge in [-0.25, -0.2) is 4.39 Å². The zero-order valence-electron chi connectivity index (χ0n) is 12.3. The van der Waals surface area contributed by atoms with Gasteiger partial charge in [0, 0.05) is 13.1 Å². The number of carbonyl (C=O) groups is 1. The number of aliphatic hydroxyl groups is 1. The Bertz CT molecular complexity index is 538. The van der Waals surface area contributed by atoms with Crippen molar-refractivity contribution in [3.63, 3.8) is 0 Å². The second-order valence-corrected chi connectivity index (χ2v) is 6.32. The molecular formula is C15H20ClFN2O2. The molecule has 116 valence electrons. The third-order valence-electron chi connectivity index (χ3n) is 3.61. The first-order valence-electron chi connectivity index (χ1n) is 6.92. The summed E-state index contributed by atoms with van der Waals surface area (Å²) in [5.74, 6) is -0.834. The fraction of sp³-hybridized carbons (Fsp3) is 0.533. The fourth-order valence-corrected chi connectivity index (χ4v) is 3.03. The third-order valence-corrected chi connectivity index (χ3v) is 3.94. The minimum atomic E-state index is -0.933. The molecule has 1 fully saturated rings. The Labute approximate surface area is 129 Å². The Balaban J connectivity index is 2.17. The van der Waals surface area contributed by atoms with E-state index in [1.165, 1.54) is 12.1 Å². The van der Waals surface area contributed by atoms with Gasteiger partial charge < -0.3 is 14.9 Å². The van der Waals surface area contributed by atoms with Crippen LogP contribution in [0.15, 0.2) is 18.2 Å². The van der Waals surface area contributed by atoms with E-state index >= 15 is 0 Å². The van der Waals surface area contributed by atoms with E-state index in [1.807, 2.05) is 19.0 Å². The van der Waals surface area contributed by atoms with Crippen molar-refractivity contribution in [2.75, 3.05) is 33.7 Å². The van der Waals surface area contributed by atoms with Crippen molar-refractivity contribution in [2.45, 2.75) is 18.4 Å². The smallest absolute Gasteiger partial charge is 0.255 e. The van der Waals surface area contributed by atoms with Crippen LogP contribution in [0, 0.1) is 5.82 Å². The maximum Gasteiger partial charge on any atom is 0.255 e. The lowest BCUT2D eigenvalue weighted by Gasteiger charge is -2.40. The third kappa shape index (κ3) is 3.93. The number of piperidine rings is 1. The molecule has 1 aromatic rings. The predicted octanol–water partition coefficient (Wildman–Crippen LogP) is 2.01. The minimum absolute atomic E-state index is 0.144. The zero-order chi connectivity index (χ0) is 15.6. The highest BCUT2D eigenvalue weighted by atomic mass is 35.5. The van der Waals surface area contributed by atoms with Gasteiger partial charge in [-0.1, -0.05) is 11.6 Å². The number of nitrogens with zero attached hydrogens (tertiary/aromatic N) is 2. The molecule has 1 aromatic carbocycles. The number of likely N-dealkylation sites (tertiary alicyclic amines) is 1. The number of halogens is 2. The lowest BCUT2D eigenvalue weighted by molar-refractivity contribution is -0.0391. The van der Waals surface area contributed by atoms with Crippen LogP contribution in [-0.2, 0) is 0 Å². The van der Waals surface area contributed by atoms with Crippen LogP contribution in [-0.4, -0.2) is 60.1 Å². The number of amides is 1. The first-order valence-corrected chi connectivity index (χ1v) is 7.30. The molecule has 1 saturated heterocycles. The van der Waals surface area contributed by atoms with E-state index in [9.17, 15) is 14.3 Å². The average Bonchev–Trinajstić information content (AvgIpc) is 2.39. The second kappa shape index (κ2) is 6.30. The maximum absolute atomic E-state index is 13.3. The predicted molar refractivity (Wildman–Crippen MR) is 80.1 cm³/mol. The lowest BCUT2D eigenvalue weighted by Crippen LogP contribution is -2.54. The van der Waals surface area contributed by atoms with E-state index in [1.54, 1.807) is 4.90 Å². The van der Waals surface area contributed by atoms with Crippen LogP contribution >= 0.6 is 11.6 Å². The van der Waals surface area contributed by atoms with Gasteiger partial charge in [-0.05, 0) is 45.1 Å². The van der Waals surface area contributed by atoms with Crippen molar-refractivity contribution in [3.8, 4) is 0 Å². The molecule has 0 aliphatic carbocycles. The van der Waals surface area contributed by atoms with Crippen LogP contribution in [0.5, 0.6) is 0 Å². The van der Waals surface area contributed by atoms with Gasteiger partial charge in [0.15, 0.2) is 0 Å². The van der Waals surface area contributed by atoms with Crippen LogP contribution < -0.4 is 0 Å². The lowest BCUT2D eigenvalue weighted by atomic mass is 9.92. The maximum atomic E-state index is 13.3. The fourth-order valence-electron chi connectivity index (χ4n) is 2.84. The van der Waals surface area contributed by atoms with Crippen molar-refractivity contribution in [2.24, 2.45) is 0 Å². The summed E-state index contributed by atoms with van der Waals surface area (Å²) in [5, 5.41) is 10.8. The van der Waals surface area contributed by atoms with Gasteiger partial charge in [0.05, 0.1) is 22.7 Å². The van der Waals surface area contributed by atoms with E-state index in [2.05, 4.69) is 0 Å². The molecule has 1 N–H and O–H groups in total. The van der Waals surface area contributed by atoms with E-state index in [0.717, 1.165) is 6.07 Å². The van der Waals surface area contributed by atoms with Gasteiger partial charge in [-0.2, -0.15) is 0 Å². The molecule has 1 aliphatic rings. The standard InChI is InChI=1S/C15H20ClFN2O2/c1-18(2)9-15(21)6-3-7-19(10-15)14(20)12-8-11(17)4-5-13(12)16/h4-5,8,21H,3,6-7,9-10H2,1-2H3/t15-/m1/s1. The molecule has 1 amide bonds. The minimum Gasteiger partial charge on any atom is -0.387 e. The molecule has 0 aromatic heterocycles. The first kappa shape index (κ1) is 16.2. The Morgan fingerprint density at radius 1 is 1.52 bits per heavy atom. The summed E-state index contributed by atoms with van der Waals surface area (Å²) in [6.07, 6.45) is 1.36. The number of benzene rings is 1. The van der Waals surface area contributed by atoms with Gasteiger partial charge in [-0.15, -0.1) is 0 Å². The second-order valence-electron chi connectivity index (χ2n) is 5.92. The number of likely N-dealkylation sites (N-methyl/N-ethyl adjacent to an activating group) is 1. The van der Waals surface area contributed by atoms with Crippen molar-refractivity contribution in [1.82, 2.24) is 9.80 Å². The summed E-state index contributed by atoms with van der Waals surface area (Å²) in [5.41, 5.74) is -0.789. The number of hydrogen-bond acceptors (Lipinski definition) is 3. The SMILES string of the molecule is CN(C)C[C@]1(O)CCCN(C(=O)c2cc(F)ccc2Cl)C1. The summed E-state index contributed by atoms with van der Waals surface area (Å²) in [6.45, 7) is 1.26. The highest BCUT2D eigenvalue weighted by molar-refractivity contribution is 6.33. The van der Waals surface area contributed by atoms with Gasteiger partial charge >= 0.3 is 0 Å². The van der Waals surface area contributed by atoms with Crippen molar-refractivity contribution < 1.29 is 14.3 Å². The summed E-state index contributed by atoms with van der Waals surface area (Å²) in [4.78, 5) is 15.9. The molecule has 4 nitrogen and oxygen atoms in total. The molecule has 0 bridgehead atoms. The van der Waals surface area contributed by atoms with Crippen molar-refractivity contribution in [1.29, 1.82) is 0 Å². The molecule has 2 rings (SSSR count). The average molecular weight is 315 g/mol. The number of rotatable bonds is 3. The number of hydrogen-bond donors (Lipinski definition) is 1. The van der Waals surface area contributed by atoms with Gasteiger partial charge in [-0.3, -0.25) is 4.79 Å². The van der Waals surface area contributed by atoms with E-state index in [4.69, 9.17) is 11.6 Å². The molecule has 0 saturated carbocycles. The molecule has 6 heteroatoms. The summed E-state index contributed by atoms with van der Waals surface area (Å²) < 4.78 is 13.3. The Hall–Kier alpha value is -1.17. The molecule has 0 unspecified atom stereocenters. The Kier molecular flexibility index (Phi) is 4.86. The quantitative estimate of drug-likeness (QED) is 0.928. The topological polar surface area (TPSA) is 43.8 Å². The highest BCUT2D eigenvalue weighted by Crippen LogP contribution is 2.25. The molecule has 1 heterocycles. The monoisotopic (exact) mass is 314 g/mol. The van der Waals surface area contributed by atoms with Crippen LogP contribution in [0.4, 0.5) is 4.39 Å². The van der Waals surface area contributed by atoms with Crippen LogP contribution in [0.2, 0.25) is 5.02 Å². The Morgan fingerprint density at radius 2 is 2.24 bits per heavy atom. The highest BCUT2D eigenvalue weighted by Gasteiger charge is 2.36. The zero-order valence-corrected chi connectivity index (χ0v) is 13.0. The summed E-state index contributed by atoms with van der Waals surface area (Å²) in [7, 11) is 3.75. The molecule has 0 spiro atoms.